The molecular formula is C13H22N4O. The first-order valence-electron chi connectivity index (χ1n) is 6.89. The Morgan fingerprint density at radius 1 is 1.33 bits per heavy atom. The number of aromatic amines is 1. The highest BCUT2D eigenvalue weighted by atomic mass is 16.2. The van der Waals surface area contributed by atoms with Gasteiger partial charge in [-0.05, 0) is 32.1 Å². The second-order valence-corrected chi connectivity index (χ2v) is 5.11. The Morgan fingerprint density at radius 2 is 1.94 bits per heavy atom. The van der Waals surface area contributed by atoms with Crippen LogP contribution >= 0.6 is 0 Å². The van der Waals surface area contributed by atoms with Crippen molar-refractivity contribution in [3.63, 3.8) is 0 Å². The highest BCUT2D eigenvalue weighted by molar-refractivity contribution is 5.90. The molecule has 1 aromatic heterocycles. The molecule has 0 saturated heterocycles. The summed E-state index contributed by atoms with van der Waals surface area (Å²) in [6.07, 6.45) is 5.07. The van der Waals surface area contributed by atoms with Crippen LogP contribution in [0.25, 0.3) is 0 Å². The van der Waals surface area contributed by atoms with Gasteiger partial charge in [0.05, 0.1) is 0 Å². The Morgan fingerprint density at radius 3 is 2.44 bits per heavy atom. The zero-order valence-corrected chi connectivity index (χ0v) is 11.4. The molecule has 1 heterocycles. The van der Waals surface area contributed by atoms with E-state index < -0.39 is 0 Å². The summed E-state index contributed by atoms with van der Waals surface area (Å²) >= 11 is 0. The molecule has 0 bridgehead atoms. The molecular weight excluding hydrogens is 228 g/mol. The lowest BCUT2D eigenvalue weighted by molar-refractivity contribution is 0.0877. The minimum Gasteiger partial charge on any atom is -0.344 e. The maximum atomic E-state index is 12.1. The number of nitrogens with zero attached hydrogens (tertiary/aromatic N) is 2. The summed E-state index contributed by atoms with van der Waals surface area (Å²) in [5, 5.41) is 9.97. The summed E-state index contributed by atoms with van der Waals surface area (Å²) in [7, 11) is 0. The first kappa shape index (κ1) is 13.1. The maximum absolute atomic E-state index is 12.1. The van der Waals surface area contributed by atoms with Gasteiger partial charge in [0.1, 0.15) is 5.82 Å². The zero-order chi connectivity index (χ0) is 13.2. The van der Waals surface area contributed by atoms with Gasteiger partial charge in [0.25, 0.3) is 5.91 Å². The number of nitrogens with one attached hydrogen (secondary N) is 2. The van der Waals surface area contributed by atoms with E-state index in [9.17, 15) is 4.79 Å². The third kappa shape index (κ3) is 2.54. The Kier molecular flexibility index (Phi) is 3.68. The normalized spacial score (nSPS) is 15.7. The second kappa shape index (κ2) is 5.08. The van der Waals surface area contributed by atoms with Gasteiger partial charge >= 0.3 is 0 Å². The van der Waals surface area contributed by atoms with Crippen LogP contribution in [0.5, 0.6) is 0 Å². The first-order valence-corrected chi connectivity index (χ1v) is 6.89. The topological polar surface area (TPSA) is 70.7 Å². The van der Waals surface area contributed by atoms with Crippen LogP contribution in [0.3, 0.4) is 0 Å². The third-order valence-corrected chi connectivity index (χ3v) is 4.08. The van der Waals surface area contributed by atoms with E-state index in [0.29, 0.717) is 5.92 Å². The smallest absolute Gasteiger partial charge is 0.291 e. The molecule has 1 saturated carbocycles. The van der Waals surface area contributed by atoms with Crippen molar-refractivity contribution in [2.24, 2.45) is 0 Å². The Labute approximate surface area is 108 Å². The number of aromatic nitrogens is 3. The van der Waals surface area contributed by atoms with Gasteiger partial charge in [-0.25, -0.2) is 4.98 Å². The van der Waals surface area contributed by atoms with Crippen LogP contribution in [0, 0.1) is 0 Å². The van der Waals surface area contributed by atoms with Gasteiger partial charge < -0.3 is 5.32 Å². The summed E-state index contributed by atoms with van der Waals surface area (Å²) in [6.45, 7) is 6.29. The summed E-state index contributed by atoms with van der Waals surface area (Å²) in [6, 6.07) is 0. The van der Waals surface area contributed by atoms with Crippen molar-refractivity contribution in [3.05, 3.63) is 11.6 Å². The van der Waals surface area contributed by atoms with Crippen molar-refractivity contribution in [1.82, 2.24) is 20.5 Å². The van der Waals surface area contributed by atoms with Crippen LogP contribution in [0.1, 0.15) is 75.2 Å². The molecule has 2 N–H and O–H groups in total. The number of H-pyrrole nitrogens is 1. The van der Waals surface area contributed by atoms with Gasteiger partial charge in [0.2, 0.25) is 5.82 Å². The number of carbonyl (C=O) groups excluding carboxylic acids is 1. The van der Waals surface area contributed by atoms with Crippen LogP contribution < -0.4 is 5.32 Å². The highest BCUT2D eigenvalue weighted by Gasteiger charge is 2.30. The molecule has 1 fully saturated rings. The minimum atomic E-state index is -0.163. The van der Waals surface area contributed by atoms with Gasteiger partial charge in [-0.1, -0.05) is 20.8 Å². The number of amides is 1. The molecule has 0 atom stereocenters. The van der Waals surface area contributed by atoms with Crippen LogP contribution in [-0.2, 0) is 0 Å². The molecule has 5 nitrogen and oxygen atoms in total. The van der Waals surface area contributed by atoms with Crippen molar-refractivity contribution < 1.29 is 4.79 Å². The van der Waals surface area contributed by atoms with Gasteiger partial charge in [-0.3, -0.25) is 9.89 Å². The molecule has 0 radical (unpaired) electrons. The van der Waals surface area contributed by atoms with Crippen molar-refractivity contribution in [1.29, 1.82) is 0 Å². The van der Waals surface area contributed by atoms with Crippen molar-refractivity contribution in [2.75, 3.05) is 0 Å². The molecule has 5 heteroatoms. The quantitative estimate of drug-likeness (QED) is 0.814. The lowest BCUT2D eigenvalue weighted by Gasteiger charge is -2.31. The summed E-state index contributed by atoms with van der Waals surface area (Å²) in [5.74, 6) is 1.46. The fourth-order valence-corrected chi connectivity index (χ4v) is 2.23. The van der Waals surface area contributed by atoms with E-state index >= 15 is 0 Å². The van der Waals surface area contributed by atoms with Crippen molar-refractivity contribution in [3.8, 4) is 0 Å². The molecule has 100 valence electrons. The van der Waals surface area contributed by atoms with Crippen molar-refractivity contribution in [2.45, 2.75) is 64.3 Å². The molecule has 0 aliphatic heterocycles. The van der Waals surface area contributed by atoms with E-state index in [4.69, 9.17) is 0 Å². The molecule has 1 aliphatic rings. The lowest BCUT2D eigenvalue weighted by atomic mass is 9.90. The van der Waals surface area contributed by atoms with Crippen LogP contribution in [0.15, 0.2) is 0 Å². The molecule has 0 unspecified atom stereocenters. The largest absolute Gasteiger partial charge is 0.344 e. The fourth-order valence-electron chi connectivity index (χ4n) is 2.23. The van der Waals surface area contributed by atoms with Gasteiger partial charge in [-0.15, -0.1) is 5.10 Å². The standard InChI is InChI=1S/C13H22N4O/c1-4-13(5-2,6-3)15-12(18)11-14-10(16-17-11)9-7-8-9/h9H,4-8H2,1-3H3,(H,15,18)(H,14,16,17). The van der Waals surface area contributed by atoms with E-state index in [2.05, 4.69) is 41.3 Å². The summed E-state index contributed by atoms with van der Waals surface area (Å²) < 4.78 is 0. The third-order valence-electron chi connectivity index (χ3n) is 4.08. The van der Waals surface area contributed by atoms with Gasteiger partial charge in [0, 0.05) is 11.5 Å². The molecule has 0 aromatic carbocycles. The Balaban J connectivity index is 2.05. The van der Waals surface area contributed by atoms with Gasteiger partial charge in [0.15, 0.2) is 0 Å². The predicted molar refractivity (Wildman–Crippen MR) is 69.4 cm³/mol. The fraction of sp³-hybridized carbons (Fsp3) is 0.769. The predicted octanol–water partition coefficient (Wildman–Crippen LogP) is 2.38. The van der Waals surface area contributed by atoms with E-state index in [1.165, 1.54) is 0 Å². The Bertz CT molecular complexity index is 410. The average molecular weight is 250 g/mol. The molecule has 2 rings (SSSR count). The number of hydrogen-bond donors (Lipinski definition) is 2. The van der Waals surface area contributed by atoms with Crippen molar-refractivity contribution >= 4 is 5.91 Å². The SMILES string of the molecule is CCC(CC)(CC)NC(=O)c1n[nH]c(C2CC2)n1. The first-order chi connectivity index (χ1) is 8.64. The Hall–Kier alpha value is -1.39. The summed E-state index contributed by atoms with van der Waals surface area (Å²) in [4.78, 5) is 16.4. The van der Waals surface area contributed by atoms with E-state index in [1.807, 2.05) is 0 Å². The van der Waals surface area contributed by atoms with Crippen LogP contribution in [-0.4, -0.2) is 26.6 Å². The maximum Gasteiger partial charge on any atom is 0.291 e. The van der Waals surface area contributed by atoms with E-state index in [-0.39, 0.29) is 17.3 Å². The zero-order valence-electron chi connectivity index (χ0n) is 11.4. The van der Waals surface area contributed by atoms with E-state index in [1.54, 1.807) is 0 Å². The van der Waals surface area contributed by atoms with Gasteiger partial charge in [-0.2, -0.15) is 0 Å². The molecule has 18 heavy (non-hydrogen) atoms. The number of hydrogen-bond acceptors (Lipinski definition) is 3. The van der Waals surface area contributed by atoms with E-state index in [0.717, 1.165) is 37.9 Å². The minimum absolute atomic E-state index is 0.128. The summed E-state index contributed by atoms with van der Waals surface area (Å²) in [5.41, 5.74) is -0.128. The van der Waals surface area contributed by atoms with Crippen LogP contribution in [0.2, 0.25) is 0 Å². The molecule has 1 amide bonds. The molecule has 1 aliphatic carbocycles. The average Bonchev–Trinajstić information content (AvgIpc) is 3.13. The number of carbonyl (C=O) groups is 1. The number of rotatable bonds is 6. The monoisotopic (exact) mass is 250 g/mol. The lowest BCUT2D eigenvalue weighted by Crippen LogP contribution is -2.47. The highest BCUT2D eigenvalue weighted by Crippen LogP contribution is 2.37. The van der Waals surface area contributed by atoms with Crippen LogP contribution in [0.4, 0.5) is 0 Å². The molecule has 1 aromatic rings. The second-order valence-electron chi connectivity index (χ2n) is 5.11. The molecule has 0 spiro atoms.